The monoisotopic (exact) mass is 949 g/mol. The normalized spacial score (nSPS) is 8.26. The minimum absolute atomic E-state index is 0. The van der Waals surface area contributed by atoms with E-state index in [4.69, 9.17) is 69.6 Å². The van der Waals surface area contributed by atoms with Crippen molar-refractivity contribution in [1.29, 1.82) is 0 Å². The molecule has 6 rings (SSSR count). The van der Waals surface area contributed by atoms with Crippen molar-refractivity contribution in [1.82, 2.24) is 24.9 Å². The van der Waals surface area contributed by atoms with Crippen LogP contribution in [0.5, 0.6) is 35.3 Å². The molecule has 0 aromatic carbocycles. The summed E-state index contributed by atoms with van der Waals surface area (Å²) in [5.41, 5.74) is 0. The molecule has 0 saturated carbocycles. The van der Waals surface area contributed by atoms with Gasteiger partial charge in [0.05, 0.1) is 0 Å². The maximum Gasteiger partial charge on any atom is 2.00 e. The molecule has 0 unspecified atom stereocenters. The molecule has 0 bridgehead atoms. The van der Waals surface area contributed by atoms with Crippen LogP contribution in [0.2, 0.25) is 30.9 Å². The van der Waals surface area contributed by atoms with E-state index in [0.717, 1.165) is 0 Å². The van der Waals surface area contributed by atoms with E-state index in [-0.39, 0.29) is 159 Å². The zero-order valence-electron chi connectivity index (χ0n) is 27.0. The molecule has 0 aliphatic heterocycles. The van der Waals surface area contributed by atoms with Crippen molar-refractivity contribution in [3.8, 4) is 35.3 Å². The van der Waals surface area contributed by atoms with Gasteiger partial charge in [0.25, 0.3) is 5.15 Å². The largest absolute Gasteiger partial charge is 2.00 e. The van der Waals surface area contributed by atoms with Gasteiger partial charge in [0.2, 0.25) is 0 Å². The topological polar surface area (TPSA) is 248 Å². The summed E-state index contributed by atoms with van der Waals surface area (Å²) in [6.07, 6.45) is 0. The summed E-state index contributed by atoms with van der Waals surface area (Å²) in [6.45, 7) is 0. The van der Waals surface area contributed by atoms with E-state index >= 15 is 0 Å². The predicted octanol–water partition coefficient (Wildman–Crippen LogP) is -2.55. The van der Waals surface area contributed by atoms with Gasteiger partial charge in [0.15, 0.2) is 0 Å². The maximum absolute atomic E-state index is 10.4. The van der Waals surface area contributed by atoms with Crippen LogP contribution in [0.25, 0.3) is 0 Å². The molecule has 0 spiro atoms. The number of pyridine rings is 6. The third-order valence-electron chi connectivity index (χ3n) is 4.18. The minimum atomic E-state index is -0.294. The van der Waals surface area contributed by atoms with Gasteiger partial charge < -0.3 is 36.1 Å². The zero-order chi connectivity index (χ0) is 35.9. The summed E-state index contributed by atoms with van der Waals surface area (Å²) in [4.78, 5) is 19.3. The molecular formula is C30H21Cl6N6Na2Ni2O7+. The third-order valence-corrected chi connectivity index (χ3v) is 5.45. The molecule has 276 valence electrons. The average molecular weight is 954 g/mol. The van der Waals surface area contributed by atoms with E-state index in [1.54, 1.807) is 72.8 Å². The summed E-state index contributed by atoms with van der Waals surface area (Å²) in [5.74, 6) is -1.64. The number of nitrogens with zero attached hydrogens (tertiary/aromatic N) is 5. The van der Waals surface area contributed by atoms with Crippen molar-refractivity contribution in [2.75, 3.05) is 0 Å². The number of aromatic amines is 1. The fraction of sp³-hybridized carbons (Fsp3) is 0. The number of aromatic nitrogens is 6. The second-order valence-electron chi connectivity index (χ2n) is 7.86. The second-order valence-corrected chi connectivity index (χ2v) is 10.2. The van der Waals surface area contributed by atoms with Crippen molar-refractivity contribution in [2.24, 2.45) is 0 Å². The van der Waals surface area contributed by atoms with Crippen molar-refractivity contribution >= 4 is 69.6 Å². The maximum atomic E-state index is 10.4. The Labute approximate surface area is 398 Å². The molecule has 0 amide bonds. The van der Waals surface area contributed by atoms with E-state index in [1.807, 2.05) is 0 Å². The third kappa shape index (κ3) is 34.6. The summed E-state index contributed by atoms with van der Waals surface area (Å²) >= 11 is 32.1. The molecule has 0 aliphatic rings. The zero-order valence-corrected chi connectivity index (χ0v) is 37.5. The van der Waals surface area contributed by atoms with Crippen molar-refractivity contribution in [2.45, 2.75) is 0 Å². The van der Waals surface area contributed by atoms with Crippen LogP contribution >= 0.6 is 69.6 Å². The SMILES string of the molecule is O.[Na+].[Na+].[Ni+2].[Ni+2].[O-]c1cccc(Cl)[nH+]1.[O-]c1cccc(Cl)n1.[O-]c1cccc(Cl)n1.[O-]c1cccc(Cl)n1.[O-]c1cccc(Cl)n1.[O-]c1cccc(Cl)n1. The summed E-state index contributed by atoms with van der Waals surface area (Å²) < 4.78 is 0. The van der Waals surface area contributed by atoms with Crippen LogP contribution in [0.15, 0.2) is 109 Å². The van der Waals surface area contributed by atoms with Crippen LogP contribution < -0.4 is 94.7 Å². The first-order valence-electron chi connectivity index (χ1n) is 12.6. The van der Waals surface area contributed by atoms with Crippen LogP contribution in [0, 0.1) is 0 Å². The van der Waals surface area contributed by atoms with Gasteiger partial charge in [-0.2, -0.15) is 0 Å². The summed E-state index contributed by atoms with van der Waals surface area (Å²) in [5, 5.41) is 63.4. The van der Waals surface area contributed by atoms with Crippen molar-refractivity contribution < 1.29 is 133 Å². The van der Waals surface area contributed by atoms with Crippen molar-refractivity contribution in [3.05, 3.63) is 140 Å². The first-order valence-corrected chi connectivity index (χ1v) is 14.8. The number of hydrogen-bond donors (Lipinski definition) is 0. The molecule has 0 saturated heterocycles. The quantitative estimate of drug-likeness (QED) is 0.113. The van der Waals surface area contributed by atoms with E-state index in [0.29, 0.717) is 5.15 Å². The molecule has 0 aliphatic carbocycles. The molecular weight excluding hydrogens is 932 g/mol. The van der Waals surface area contributed by atoms with E-state index in [9.17, 15) is 30.6 Å². The molecule has 0 atom stereocenters. The van der Waals surface area contributed by atoms with E-state index in [1.165, 1.54) is 36.4 Å². The second kappa shape index (κ2) is 36.1. The minimum Gasteiger partial charge on any atom is -0.859 e. The smallest absolute Gasteiger partial charge is 0.859 e. The number of hydrogen-bond acceptors (Lipinski definition) is 11. The van der Waals surface area contributed by atoms with E-state index < -0.39 is 0 Å². The summed E-state index contributed by atoms with van der Waals surface area (Å²) in [7, 11) is 0. The molecule has 6 aromatic rings. The number of nitrogens with one attached hydrogen (secondary N) is 1. The van der Waals surface area contributed by atoms with Crippen LogP contribution in [-0.2, 0) is 33.0 Å². The van der Waals surface area contributed by atoms with E-state index in [2.05, 4.69) is 29.9 Å². The average Bonchev–Trinajstić information content (AvgIpc) is 2.98. The molecule has 13 nitrogen and oxygen atoms in total. The number of halogens is 6. The molecule has 53 heavy (non-hydrogen) atoms. The molecule has 6 aromatic heterocycles. The van der Waals surface area contributed by atoms with Crippen LogP contribution in [0.3, 0.4) is 0 Å². The van der Waals surface area contributed by atoms with Gasteiger partial charge in [-0.25, -0.2) is 4.98 Å². The van der Waals surface area contributed by atoms with Gasteiger partial charge in [0.1, 0.15) is 31.6 Å². The van der Waals surface area contributed by atoms with Gasteiger partial charge in [-0.05, 0) is 83.5 Å². The Balaban J connectivity index is -0.000000171. The Bertz CT molecular complexity index is 1400. The molecule has 6 heterocycles. The Kier molecular flexibility index (Phi) is 41.2. The standard InChI is InChI=1S/6C5H4ClNO.2Na.2Ni.H2O/c6*6-4-2-1-3-5(8)7-4;;;;;/h6*1-3H,(H,7,8);;;;;1H2/q;;;;;;2*+1;2*+2;/p-5. The predicted molar refractivity (Wildman–Crippen MR) is 175 cm³/mol. The Morgan fingerprint density at radius 2 is 0.566 bits per heavy atom. The number of rotatable bonds is 0. The fourth-order valence-electron chi connectivity index (χ4n) is 2.37. The number of H-pyrrole nitrogens is 1. The van der Waals surface area contributed by atoms with Crippen LogP contribution in [0.1, 0.15) is 0 Å². The van der Waals surface area contributed by atoms with Crippen LogP contribution in [0.4, 0.5) is 0 Å². The Hall–Kier alpha value is -1.61. The molecule has 0 radical (unpaired) electrons. The van der Waals surface area contributed by atoms with Gasteiger partial charge in [-0.3, -0.25) is 24.9 Å². The van der Waals surface area contributed by atoms with Gasteiger partial charge >= 0.3 is 92.1 Å². The Morgan fingerprint density at radius 3 is 0.679 bits per heavy atom. The van der Waals surface area contributed by atoms with Crippen molar-refractivity contribution in [3.63, 3.8) is 0 Å². The molecule has 0 fully saturated rings. The first-order chi connectivity index (χ1) is 22.7. The van der Waals surface area contributed by atoms with Gasteiger partial charge in [-0.1, -0.05) is 119 Å². The first kappa shape index (κ1) is 60.6. The van der Waals surface area contributed by atoms with Gasteiger partial charge in [0, 0.05) is 6.07 Å². The summed E-state index contributed by atoms with van der Waals surface area (Å²) in [6, 6.07) is 27.0. The van der Waals surface area contributed by atoms with Gasteiger partial charge in [-0.15, -0.1) is 0 Å². The molecule has 23 heteroatoms. The van der Waals surface area contributed by atoms with Crippen LogP contribution in [-0.4, -0.2) is 30.4 Å². The molecule has 3 N–H and O–H groups in total. The fourth-order valence-corrected chi connectivity index (χ4v) is 3.32. The Morgan fingerprint density at radius 1 is 0.358 bits per heavy atom.